The van der Waals surface area contributed by atoms with E-state index in [0.29, 0.717) is 0 Å². The van der Waals surface area contributed by atoms with Crippen LogP contribution in [0.1, 0.15) is 45.4 Å². The molecule has 13 heavy (non-hydrogen) atoms. The van der Waals surface area contributed by atoms with Crippen LogP contribution in [0.15, 0.2) is 0 Å². The van der Waals surface area contributed by atoms with Gasteiger partial charge in [0, 0.05) is 0 Å². The highest BCUT2D eigenvalue weighted by Crippen LogP contribution is 2.03. The van der Waals surface area contributed by atoms with Gasteiger partial charge in [-0.3, -0.25) is 0 Å². The summed E-state index contributed by atoms with van der Waals surface area (Å²) in [6.07, 6.45) is 8.00. The van der Waals surface area contributed by atoms with Crippen LogP contribution in [0.5, 0.6) is 0 Å². The summed E-state index contributed by atoms with van der Waals surface area (Å²) in [5.74, 6) is 0. The standard InChI is InChI=1S/C11H26N2/c1-3-4-5-6-7-10-13(2)11-8-9-12/h3-12H2,1-2H3. The molecule has 0 heterocycles. The number of nitrogens with two attached hydrogens (primary N) is 1. The molecule has 0 saturated heterocycles. The Bertz CT molecular complexity index is 94.1. The quantitative estimate of drug-likeness (QED) is 0.560. The van der Waals surface area contributed by atoms with Gasteiger partial charge in [0.1, 0.15) is 0 Å². The van der Waals surface area contributed by atoms with Gasteiger partial charge in [-0.25, -0.2) is 0 Å². The minimum Gasteiger partial charge on any atom is -0.330 e. The summed E-state index contributed by atoms with van der Waals surface area (Å²) < 4.78 is 0. The Hall–Kier alpha value is -0.0800. The average Bonchev–Trinajstić information content (AvgIpc) is 2.14. The third-order valence-electron chi connectivity index (χ3n) is 2.39. The van der Waals surface area contributed by atoms with E-state index in [1.165, 1.54) is 38.6 Å². The van der Waals surface area contributed by atoms with Crippen LogP contribution in [0.2, 0.25) is 0 Å². The third kappa shape index (κ3) is 9.84. The maximum absolute atomic E-state index is 5.44. The van der Waals surface area contributed by atoms with Crippen molar-refractivity contribution in [1.29, 1.82) is 0 Å². The van der Waals surface area contributed by atoms with Crippen molar-refractivity contribution in [1.82, 2.24) is 4.90 Å². The number of unbranched alkanes of at least 4 members (excludes halogenated alkanes) is 4. The second kappa shape index (κ2) is 10.0. The molecule has 2 heteroatoms. The molecule has 2 N–H and O–H groups in total. The number of hydrogen-bond donors (Lipinski definition) is 1. The zero-order chi connectivity index (χ0) is 9.94. The first kappa shape index (κ1) is 12.9. The molecule has 0 aliphatic heterocycles. The summed E-state index contributed by atoms with van der Waals surface area (Å²) in [7, 11) is 2.19. The van der Waals surface area contributed by atoms with Gasteiger partial charge in [-0.1, -0.05) is 32.6 Å². The molecule has 0 atom stereocenters. The highest BCUT2D eigenvalue weighted by atomic mass is 15.1. The molecule has 0 aliphatic carbocycles. The molecule has 80 valence electrons. The predicted molar refractivity (Wildman–Crippen MR) is 59.9 cm³/mol. The SMILES string of the molecule is CCCCCCCN(C)CCCN. The molecular weight excluding hydrogens is 160 g/mol. The molecule has 0 spiro atoms. The Morgan fingerprint density at radius 2 is 1.54 bits per heavy atom. The van der Waals surface area contributed by atoms with Crippen molar-refractivity contribution in [3.8, 4) is 0 Å². The third-order valence-corrected chi connectivity index (χ3v) is 2.39. The highest BCUT2D eigenvalue weighted by Gasteiger charge is 1.96. The van der Waals surface area contributed by atoms with E-state index >= 15 is 0 Å². The van der Waals surface area contributed by atoms with Crippen LogP contribution in [0.3, 0.4) is 0 Å². The van der Waals surface area contributed by atoms with Gasteiger partial charge in [0.15, 0.2) is 0 Å². The first-order valence-corrected chi connectivity index (χ1v) is 5.70. The summed E-state index contributed by atoms with van der Waals surface area (Å²) in [6.45, 7) is 5.47. The van der Waals surface area contributed by atoms with Gasteiger partial charge in [0.2, 0.25) is 0 Å². The van der Waals surface area contributed by atoms with Gasteiger partial charge < -0.3 is 10.6 Å². The normalized spacial score (nSPS) is 11.1. The lowest BCUT2D eigenvalue weighted by Crippen LogP contribution is -2.22. The zero-order valence-electron chi connectivity index (χ0n) is 9.39. The van der Waals surface area contributed by atoms with Crippen molar-refractivity contribution >= 4 is 0 Å². The van der Waals surface area contributed by atoms with Crippen molar-refractivity contribution in [2.24, 2.45) is 5.73 Å². The van der Waals surface area contributed by atoms with Crippen molar-refractivity contribution in [3.63, 3.8) is 0 Å². The molecule has 0 amide bonds. The Labute approximate surface area is 83.5 Å². The van der Waals surface area contributed by atoms with E-state index in [4.69, 9.17) is 5.73 Å². The molecule has 0 aliphatic rings. The van der Waals surface area contributed by atoms with Crippen LogP contribution in [-0.2, 0) is 0 Å². The second-order valence-electron chi connectivity index (χ2n) is 3.86. The summed E-state index contributed by atoms with van der Waals surface area (Å²) in [4.78, 5) is 2.39. The molecule has 0 saturated carbocycles. The summed E-state index contributed by atoms with van der Waals surface area (Å²) >= 11 is 0. The maximum Gasteiger partial charge on any atom is -0.000977 e. The van der Waals surface area contributed by atoms with Crippen LogP contribution in [-0.4, -0.2) is 31.6 Å². The molecule has 0 bridgehead atoms. The van der Waals surface area contributed by atoms with Crippen molar-refractivity contribution in [3.05, 3.63) is 0 Å². The van der Waals surface area contributed by atoms with Gasteiger partial charge in [0.25, 0.3) is 0 Å². The van der Waals surface area contributed by atoms with E-state index < -0.39 is 0 Å². The van der Waals surface area contributed by atoms with E-state index in [1.807, 2.05) is 0 Å². The number of rotatable bonds is 9. The number of hydrogen-bond acceptors (Lipinski definition) is 2. The Balaban J connectivity index is 3.03. The fourth-order valence-electron chi connectivity index (χ4n) is 1.46. The lowest BCUT2D eigenvalue weighted by molar-refractivity contribution is 0.321. The van der Waals surface area contributed by atoms with Crippen molar-refractivity contribution in [2.75, 3.05) is 26.7 Å². The molecule has 2 nitrogen and oxygen atoms in total. The van der Waals surface area contributed by atoms with E-state index in [2.05, 4.69) is 18.9 Å². The molecule has 0 radical (unpaired) electrons. The number of nitrogens with zero attached hydrogens (tertiary/aromatic N) is 1. The fourth-order valence-corrected chi connectivity index (χ4v) is 1.46. The molecule has 0 aromatic rings. The van der Waals surface area contributed by atoms with E-state index in [1.54, 1.807) is 0 Å². The lowest BCUT2D eigenvalue weighted by Gasteiger charge is -2.15. The average molecular weight is 186 g/mol. The zero-order valence-corrected chi connectivity index (χ0v) is 9.39. The Morgan fingerprint density at radius 3 is 2.15 bits per heavy atom. The Morgan fingerprint density at radius 1 is 0.923 bits per heavy atom. The summed E-state index contributed by atoms with van der Waals surface area (Å²) in [5.41, 5.74) is 5.44. The van der Waals surface area contributed by atoms with Gasteiger partial charge in [0.05, 0.1) is 0 Å². The topological polar surface area (TPSA) is 29.3 Å². The fraction of sp³-hybridized carbons (Fsp3) is 1.00. The van der Waals surface area contributed by atoms with Gasteiger partial charge in [-0.15, -0.1) is 0 Å². The van der Waals surface area contributed by atoms with Gasteiger partial charge in [-0.2, -0.15) is 0 Å². The minimum absolute atomic E-state index is 0.820. The molecule has 0 aromatic heterocycles. The van der Waals surface area contributed by atoms with Crippen LogP contribution < -0.4 is 5.73 Å². The minimum atomic E-state index is 0.820. The largest absolute Gasteiger partial charge is 0.330 e. The van der Waals surface area contributed by atoms with Crippen LogP contribution in [0, 0.1) is 0 Å². The molecule has 0 fully saturated rings. The van der Waals surface area contributed by atoms with Crippen LogP contribution in [0.25, 0.3) is 0 Å². The predicted octanol–water partition coefficient (Wildman–Crippen LogP) is 2.24. The van der Waals surface area contributed by atoms with Gasteiger partial charge >= 0.3 is 0 Å². The van der Waals surface area contributed by atoms with E-state index in [9.17, 15) is 0 Å². The first-order chi connectivity index (χ1) is 6.31. The summed E-state index contributed by atoms with van der Waals surface area (Å²) in [6, 6.07) is 0. The second-order valence-corrected chi connectivity index (χ2v) is 3.86. The molecule has 0 rings (SSSR count). The van der Waals surface area contributed by atoms with E-state index in [-0.39, 0.29) is 0 Å². The lowest BCUT2D eigenvalue weighted by atomic mass is 10.1. The van der Waals surface area contributed by atoms with Gasteiger partial charge in [-0.05, 0) is 39.5 Å². The van der Waals surface area contributed by atoms with Crippen LogP contribution >= 0.6 is 0 Å². The molecule has 0 unspecified atom stereocenters. The molecule has 0 aromatic carbocycles. The van der Waals surface area contributed by atoms with Crippen LogP contribution in [0.4, 0.5) is 0 Å². The Kier molecular flexibility index (Phi) is 9.94. The van der Waals surface area contributed by atoms with Crippen molar-refractivity contribution in [2.45, 2.75) is 45.4 Å². The van der Waals surface area contributed by atoms with E-state index in [0.717, 1.165) is 19.5 Å². The summed E-state index contributed by atoms with van der Waals surface area (Å²) in [5, 5.41) is 0. The highest BCUT2D eigenvalue weighted by molar-refractivity contribution is 4.52. The van der Waals surface area contributed by atoms with Crippen molar-refractivity contribution < 1.29 is 0 Å². The maximum atomic E-state index is 5.44. The first-order valence-electron chi connectivity index (χ1n) is 5.70. The molecular formula is C11H26N2. The smallest absolute Gasteiger partial charge is 0.000977 e. The monoisotopic (exact) mass is 186 g/mol.